The predicted octanol–water partition coefficient (Wildman–Crippen LogP) is 0.924. The number of nitrogens with zero attached hydrogens (tertiary/aromatic N) is 1. The van der Waals surface area contributed by atoms with E-state index in [1.165, 1.54) is 0 Å². The quantitative estimate of drug-likeness (QED) is 0.688. The van der Waals surface area contributed by atoms with Crippen LogP contribution in [0, 0.1) is 5.92 Å². The lowest BCUT2D eigenvalue weighted by Crippen LogP contribution is -2.43. The van der Waals surface area contributed by atoms with E-state index in [-0.39, 0.29) is 23.8 Å². The molecule has 1 heterocycles. The van der Waals surface area contributed by atoms with Gasteiger partial charge in [0.05, 0.1) is 12.6 Å². The van der Waals surface area contributed by atoms with Gasteiger partial charge in [0.25, 0.3) is 0 Å². The first-order chi connectivity index (χ1) is 6.60. The zero-order chi connectivity index (χ0) is 10.7. The van der Waals surface area contributed by atoms with Crippen LogP contribution in [0.25, 0.3) is 0 Å². The summed E-state index contributed by atoms with van der Waals surface area (Å²) in [5, 5.41) is 9.41. The highest BCUT2D eigenvalue weighted by Gasteiger charge is 2.34. The van der Waals surface area contributed by atoms with Crippen LogP contribution in [0.4, 0.5) is 0 Å². The van der Waals surface area contributed by atoms with Gasteiger partial charge < -0.3 is 10.0 Å². The van der Waals surface area contributed by atoms with Crippen LogP contribution < -0.4 is 0 Å². The van der Waals surface area contributed by atoms with Gasteiger partial charge in [0.2, 0.25) is 5.91 Å². The van der Waals surface area contributed by atoms with Gasteiger partial charge >= 0.3 is 0 Å². The molecule has 0 saturated carbocycles. The summed E-state index contributed by atoms with van der Waals surface area (Å²) in [4.78, 5) is 13.4. The molecule has 82 valence electrons. The van der Waals surface area contributed by atoms with Gasteiger partial charge in [-0.2, -0.15) is 12.6 Å². The van der Waals surface area contributed by atoms with Crippen LogP contribution in [-0.2, 0) is 4.79 Å². The molecule has 1 aliphatic rings. The van der Waals surface area contributed by atoms with E-state index in [1.807, 2.05) is 0 Å². The SMILES string of the molecule is CC[C@H](C)[C@@H](CO)N1CC(S)CC1=O. The van der Waals surface area contributed by atoms with Crippen molar-refractivity contribution in [2.75, 3.05) is 13.2 Å². The van der Waals surface area contributed by atoms with Gasteiger partial charge in [-0.05, 0) is 5.92 Å². The molecular formula is C10H19NO2S. The van der Waals surface area contributed by atoms with Crippen LogP contribution in [-0.4, -0.2) is 40.4 Å². The minimum Gasteiger partial charge on any atom is -0.394 e. The van der Waals surface area contributed by atoms with E-state index in [0.29, 0.717) is 18.9 Å². The molecule has 3 atom stereocenters. The minimum atomic E-state index is -0.0235. The second kappa shape index (κ2) is 5.03. The largest absolute Gasteiger partial charge is 0.394 e. The predicted molar refractivity (Wildman–Crippen MR) is 59.4 cm³/mol. The molecule has 1 saturated heterocycles. The van der Waals surface area contributed by atoms with E-state index >= 15 is 0 Å². The highest BCUT2D eigenvalue weighted by molar-refractivity contribution is 7.81. The number of rotatable bonds is 4. The molecule has 0 aromatic heterocycles. The number of carbonyl (C=O) groups excluding carboxylic acids is 1. The third-order valence-corrected chi connectivity index (χ3v) is 3.37. The van der Waals surface area contributed by atoms with E-state index in [1.54, 1.807) is 4.90 Å². The summed E-state index contributed by atoms with van der Waals surface area (Å²) in [6, 6.07) is -0.0235. The lowest BCUT2D eigenvalue weighted by atomic mass is 9.99. The molecular weight excluding hydrogens is 198 g/mol. The first kappa shape index (κ1) is 11.9. The standard InChI is InChI=1S/C10H19NO2S/c1-3-7(2)9(6-12)11-5-8(14)4-10(11)13/h7-9,12,14H,3-6H2,1-2H3/t7-,8?,9+/m0/s1. The van der Waals surface area contributed by atoms with Crippen LogP contribution >= 0.6 is 12.6 Å². The number of aliphatic hydroxyl groups is 1. The maximum absolute atomic E-state index is 11.6. The average molecular weight is 217 g/mol. The highest BCUT2D eigenvalue weighted by atomic mass is 32.1. The number of hydrogen-bond donors (Lipinski definition) is 2. The Hall–Kier alpha value is -0.220. The third-order valence-electron chi connectivity index (χ3n) is 3.03. The summed E-state index contributed by atoms with van der Waals surface area (Å²) in [6.07, 6.45) is 1.49. The molecule has 0 aromatic carbocycles. The monoisotopic (exact) mass is 217 g/mol. The Morgan fingerprint density at radius 1 is 1.71 bits per heavy atom. The van der Waals surface area contributed by atoms with Crippen molar-refractivity contribution in [3.63, 3.8) is 0 Å². The maximum Gasteiger partial charge on any atom is 0.224 e. The van der Waals surface area contributed by atoms with E-state index in [9.17, 15) is 9.90 Å². The van der Waals surface area contributed by atoms with Crippen LogP contribution in [0.1, 0.15) is 26.7 Å². The highest BCUT2D eigenvalue weighted by Crippen LogP contribution is 2.23. The molecule has 1 rings (SSSR count). The summed E-state index contributed by atoms with van der Waals surface area (Å²) >= 11 is 4.30. The fourth-order valence-electron chi connectivity index (χ4n) is 1.89. The van der Waals surface area contributed by atoms with Gasteiger partial charge in [-0.25, -0.2) is 0 Å². The Morgan fingerprint density at radius 3 is 2.71 bits per heavy atom. The lowest BCUT2D eigenvalue weighted by Gasteiger charge is -2.30. The molecule has 1 fully saturated rings. The minimum absolute atomic E-state index is 0.0235. The number of carbonyl (C=O) groups is 1. The Labute approximate surface area is 90.9 Å². The first-order valence-corrected chi connectivity index (χ1v) is 5.70. The Bertz CT molecular complexity index is 210. The van der Waals surface area contributed by atoms with Crippen molar-refractivity contribution < 1.29 is 9.90 Å². The van der Waals surface area contributed by atoms with Crippen molar-refractivity contribution in [2.24, 2.45) is 5.92 Å². The fraction of sp³-hybridized carbons (Fsp3) is 0.900. The average Bonchev–Trinajstić information content (AvgIpc) is 2.47. The van der Waals surface area contributed by atoms with Crippen molar-refractivity contribution in [2.45, 2.75) is 38.0 Å². The number of amides is 1. The third kappa shape index (κ3) is 2.42. The van der Waals surface area contributed by atoms with Crippen molar-refractivity contribution >= 4 is 18.5 Å². The van der Waals surface area contributed by atoms with E-state index in [4.69, 9.17) is 0 Å². The Kier molecular flexibility index (Phi) is 4.26. The molecule has 14 heavy (non-hydrogen) atoms. The normalized spacial score (nSPS) is 26.7. The molecule has 1 unspecified atom stereocenters. The number of hydrogen-bond acceptors (Lipinski definition) is 3. The Morgan fingerprint density at radius 2 is 2.36 bits per heavy atom. The van der Waals surface area contributed by atoms with Gasteiger partial charge in [-0.3, -0.25) is 4.79 Å². The smallest absolute Gasteiger partial charge is 0.224 e. The lowest BCUT2D eigenvalue weighted by molar-refractivity contribution is -0.131. The molecule has 1 N–H and O–H groups in total. The Balaban J connectivity index is 2.65. The summed E-state index contributed by atoms with van der Waals surface area (Å²) in [6.45, 7) is 4.88. The van der Waals surface area contributed by atoms with Crippen LogP contribution in [0.5, 0.6) is 0 Å². The first-order valence-electron chi connectivity index (χ1n) is 5.18. The van der Waals surface area contributed by atoms with E-state index < -0.39 is 0 Å². The molecule has 0 aliphatic carbocycles. The van der Waals surface area contributed by atoms with E-state index in [0.717, 1.165) is 6.42 Å². The summed E-state index contributed by atoms with van der Waals surface area (Å²) in [5.74, 6) is 0.479. The zero-order valence-electron chi connectivity index (χ0n) is 8.81. The van der Waals surface area contributed by atoms with Crippen LogP contribution in [0.15, 0.2) is 0 Å². The van der Waals surface area contributed by atoms with Gasteiger partial charge in [0.1, 0.15) is 0 Å². The summed E-state index contributed by atoms with van der Waals surface area (Å²) in [7, 11) is 0. The molecule has 0 radical (unpaired) electrons. The van der Waals surface area contributed by atoms with Crippen LogP contribution in [0.2, 0.25) is 0 Å². The van der Waals surface area contributed by atoms with Crippen molar-refractivity contribution in [1.29, 1.82) is 0 Å². The second-order valence-electron chi connectivity index (χ2n) is 4.04. The summed E-state index contributed by atoms with van der Waals surface area (Å²) < 4.78 is 0. The molecule has 0 aromatic rings. The number of aliphatic hydroxyl groups excluding tert-OH is 1. The van der Waals surface area contributed by atoms with Gasteiger partial charge in [0, 0.05) is 18.2 Å². The molecule has 3 nitrogen and oxygen atoms in total. The van der Waals surface area contributed by atoms with Crippen molar-refractivity contribution in [3.05, 3.63) is 0 Å². The zero-order valence-corrected chi connectivity index (χ0v) is 9.70. The number of likely N-dealkylation sites (tertiary alicyclic amines) is 1. The number of thiol groups is 1. The van der Waals surface area contributed by atoms with Gasteiger partial charge in [-0.1, -0.05) is 20.3 Å². The molecule has 1 aliphatic heterocycles. The summed E-state index contributed by atoms with van der Waals surface area (Å²) in [5.41, 5.74) is 0. The molecule has 0 bridgehead atoms. The van der Waals surface area contributed by atoms with Crippen LogP contribution in [0.3, 0.4) is 0 Å². The van der Waals surface area contributed by atoms with E-state index in [2.05, 4.69) is 26.5 Å². The second-order valence-corrected chi connectivity index (χ2v) is 4.77. The maximum atomic E-state index is 11.6. The van der Waals surface area contributed by atoms with Gasteiger partial charge in [0.15, 0.2) is 0 Å². The van der Waals surface area contributed by atoms with Crippen molar-refractivity contribution in [3.8, 4) is 0 Å². The van der Waals surface area contributed by atoms with Crippen molar-refractivity contribution in [1.82, 2.24) is 4.90 Å². The molecule has 0 spiro atoms. The fourth-order valence-corrected chi connectivity index (χ4v) is 2.22. The molecule has 1 amide bonds. The van der Waals surface area contributed by atoms with Gasteiger partial charge in [-0.15, -0.1) is 0 Å². The topological polar surface area (TPSA) is 40.5 Å². The molecule has 4 heteroatoms.